The molecule has 9 nitrogen and oxygen atoms in total. The third-order valence-corrected chi connectivity index (χ3v) is 6.88. The molecule has 2 heterocycles. The second-order valence-corrected chi connectivity index (χ2v) is 9.10. The number of amides is 1. The molecule has 0 bridgehead atoms. The van der Waals surface area contributed by atoms with Crippen LogP contribution in [-0.4, -0.2) is 69.8 Å². The summed E-state index contributed by atoms with van der Waals surface area (Å²) < 4.78 is 37.0. The predicted octanol–water partition coefficient (Wildman–Crippen LogP) is 1.96. The number of methoxy groups -OCH3 is 1. The highest BCUT2D eigenvalue weighted by atomic mass is 32.2. The number of hydrogen-bond acceptors (Lipinski definition) is 7. The number of likely N-dealkylation sites (N-methyl/N-ethyl adjacent to an activating group) is 1. The van der Waals surface area contributed by atoms with Gasteiger partial charge in [-0.3, -0.25) is 4.79 Å². The molecular formula is C21H25N3O6S. The van der Waals surface area contributed by atoms with Gasteiger partial charge in [0.2, 0.25) is 15.9 Å². The van der Waals surface area contributed by atoms with Gasteiger partial charge in [0.05, 0.1) is 12.0 Å². The lowest BCUT2D eigenvalue weighted by Gasteiger charge is -2.31. The Labute approximate surface area is 181 Å². The van der Waals surface area contributed by atoms with Crippen molar-refractivity contribution in [3.8, 4) is 0 Å². The number of piperazine rings is 1. The zero-order valence-electron chi connectivity index (χ0n) is 17.6. The van der Waals surface area contributed by atoms with Crippen molar-refractivity contribution >= 4 is 33.7 Å². The Morgan fingerprint density at radius 3 is 2.39 bits per heavy atom. The topological polar surface area (TPSA) is 109 Å². The van der Waals surface area contributed by atoms with Crippen molar-refractivity contribution in [2.24, 2.45) is 0 Å². The van der Waals surface area contributed by atoms with E-state index < -0.39 is 21.9 Å². The molecule has 0 spiro atoms. The standard InChI is InChI=1S/C21H25N3O6S/c1-15-19(21(26)29-3)14-17(30-15)6-9-20(25)22-16-4-7-18(8-5-16)31(27,28)24-12-10-23(2)11-13-24/h4-9,14H,10-13H2,1-3H3,(H,22,25)/b9-6+. The van der Waals surface area contributed by atoms with Crippen LogP contribution >= 0.6 is 0 Å². The lowest BCUT2D eigenvalue weighted by Crippen LogP contribution is -2.46. The van der Waals surface area contributed by atoms with Crippen molar-refractivity contribution in [1.29, 1.82) is 0 Å². The summed E-state index contributed by atoms with van der Waals surface area (Å²) in [5.41, 5.74) is 0.748. The number of rotatable bonds is 6. The van der Waals surface area contributed by atoms with Crippen molar-refractivity contribution < 1.29 is 27.2 Å². The van der Waals surface area contributed by atoms with Crippen LogP contribution in [0, 0.1) is 6.92 Å². The van der Waals surface area contributed by atoms with Gasteiger partial charge in [0, 0.05) is 37.9 Å². The van der Waals surface area contributed by atoms with Gasteiger partial charge in [-0.1, -0.05) is 0 Å². The Kier molecular flexibility index (Phi) is 6.94. The Hall–Kier alpha value is -2.95. The second kappa shape index (κ2) is 9.46. The molecular weight excluding hydrogens is 422 g/mol. The average molecular weight is 448 g/mol. The van der Waals surface area contributed by atoms with Crippen LogP contribution in [0.15, 0.2) is 45.7 Å². The molecule has 1 aromatic carbocycles. The van der Waals surface area contributed by atoms with Crippen LogP contribution in [0.4, 0.5) is 5.69 Å². The van der Waals surface area contributed by atoms with E-state index >= 15 is 0 Å². The molecule has 2 aromatic rings. The molecule has 0 radical (unpaired) electrons. The number of aryl methyl sites for hydroxylation is 1. The Morgan fingerprint density at radius 2 is 1.77 bits per heavy atom. The smallest absolute Gasteiger partial charge is 0.341 e. The minimum atomic E-state index is -3.56. The predicted molar refractivity (Wildman–Crippen MR) is 115 cm³/mol. The van der Waals surface area contributed by atoms with Gasteiger partial charge in [-0.15, -0.1) is 0 Å². The summed E-state index contributed by atoms with van der Waals surface area (Å²) >= 11 is 0. The number of nitrogens with one attached hydrogen (secondary N) is 1. The molecule has 1 aliphatic heterocycles. The highest BCUT2D eigenvalue weighted by Gasteiger charge is 2.27. The molecule has 0 atom stereocenters. The number of hydrogen-bond donors (Lipinski definition) is 1. The fourth-order valence-electron chi connectivity index (χ4n) is 3.13. The number of benzene rings is 1. The molecule has 10 heteroatoms. The first-order valence-corrected chi connectivity index (χ1v) is 11.1. The summed E-state index contributed by atoms with van der Waals surface area (Å²) in [5, 5.41) is 2.66. The SMILES string of the molecule is COC(=O)c1cc(/C=C/C(=O)Nc2ccc(S(=O)(=O)N3CCN(C)CC3)cc2)oc1C. The van der Waals surface area contributed by atoms with E-state index in [-0.39, 0.29) is 4.90 Å². The number of nitrogens with zero attached hydrogens (tertiary/aromatic N) is 2. The zero-order chi connectivity index (χ0) is 22.6. The number of anilines is 1. The third kappa shape index (κ3) is 5.40. The van der Waals surface area contributed by atoms with Gasteiger partial charge < -0.3 is 19.4 Å². The van der Waals surface area contributed by atoms with E-state index in [1.54, 1.807) is 19.1 Å². The monoisotopic (exact) mass is 447 g/mol. The number of carbonyl (C=O) groups is 2. The van der Waals surface area contributed by atoms with E-state index in [9.17, 15) is 18.0 Å². The van der Waals surface area contributed by atoms with Gasteiger partial charge in [0.25, 0.3) is 0 Å². The number of furan rings is 1. The van der Waals surface area contributed by atoms with Gasteiger partial charge in [-0.05, 0) is 50.4 Å². The van der Waals surface area contributed by atoms with Crippen LogP contribution in [-0.2, 0) is 19.6 Å². The average Bonchev–Trinajstić information content (AvgIpc) is 3.13. The van der Waals surface area contributed by atoms with Gasteiger partial charge in [-0.25, -0.2) is 13.2 Å². The lowest BCUT2D eigenvalue weighted by atomic mass is 10.2. The number of ether oxygens (including phenoxy) is 1. The number of esters is 1. The summed E-state index contributed by atoms with van der Waals surface area (Å²) in [6, 6.07) is 7.53. The van der Waals surface area contributed by atoms with E-state index in [0.717, 1.165) is 0 Å². The van der Waals surface area contributed by atoms with Crippen LogP contribution in [0.5, 0.6) is 0 Å². The molecule has 166 valence electrons. The van der Waals surface area contributed by atoms with Crippen LogP contribution in [0.1, 0.15) is 21.9 Å². The van der Waals surface area contributed by atoms with Gasteiger partial charge >= 0.3 is 5.97 Å². The molecule has 1 aromatic heterocycles. The maximum atomic E-state index is 12.8. The minimum Gasteiger partial charge on any atom is -0.465 e. The molecule has 0 saturated carbocycles. The van der Waals surface area contributed by atoms with E-state index in [0.29, 0.717) is 49.0 Å². The molecule has 1 amide bonds. The quantitative estimate of drug-likeness (QED) is 0.533. The van der Waals surface area contributed by atoms with E-state index in [4.69, 9.17) is 4.42 Å². The first-order chi connectivity index (χ1) is 14.7. The number of carbonyl (C=O) groups excluding carboxylic acids is 2. The largest absolute Gasteiger partial charge is 0.465 e. The maximum absolute atomic E-state index is 12.8. The van der Waals surface area contributed by atoms with E-state index in [2.05, 4.69) is 15.0 Å². The molecule has 1 fully saturated rings. The summed E-state index contributed by atoms with van der Waals surface area (Å²) in [4.78, 5) is 26.0. The fourth-order valence-corrected chi connectivity index (χ4v) is 4.55. The first kappa shape index (κ1) is 22.7. The van der Waals surface area contributed by atoms with Crippen molar-refractivity contribution in [2.45, 2.75) is 11.8 Å². The van der Waals surface area contributed by atoms with Crippen molar-refractivity contribution in [3.63, 3.8) is 0 Å². The summed E-state index contributed by atoms with van der Waals surface area (Å²) in [7, 11) is -0.322. The van der Waals surface area contributed by atoms with Crippen LogP contribution in [0.2, 0.25) is 0 Å². The molecule has 1 N–H and O–H groups in total. The molecule has 1 aliphatic rings. The molecule has 3 rings (SSSR count). The zero-order valence-corrected chi connectivity index (χ0v) is 18.4. The molecule has 31 heavy (non-hydrogen) atoms. The van der Waals surface area contributed by atoms with Crippen molar-refractivity contribution in [3.05, 3.63) is 53.5 Å². The Bertz CT molecular complexity index is 1080. The van der Waals surface area contributed by atoms with E-state index in [1.807, 2.05) is 7.05 Å². The maximum Gasteiger partial charge on any atom is 0.341 e. The van der Waals surface area contributed by atoms with Gasteiger partial charge in [0.1, 0.15) is 17.1 Å². The Morgan fingerprint density at radius 1 is 1.13 bits per heavy atom. The molecule has 0 aliphatic carbocycles. The van der Waals surface area contributed by atoms with Crippen LogP contribution < -0.4 is 5.32 Å². The van der Waals surface area contributed by atoms with Crippen molar-refractivity contribution in [2.75, 3.05) is 45.7 Å². The normalized spacial score (nSPS) is 15.8. The van der Waals surface area contributed by atoms with Crippen LogP contribution in [0.3, 0.4) is 0 Å². The highest BCUT2D eigenvalue weighted by Crippen LogP contribution is 2.20. The van der Waals surface area contributed by atoms with E-state index in [1.165, 1.54) is 41.8 Å². The first-order valence-electron chi connectivity index (χ1n) is 9.67. The summed E-state index contributed by atoms with van der Waals surface area (Å²) in [6.45, 7) is 3.91. The molecule has 1 saturated heterocycles. The summed E-state index contributed by atoms with van der Waals surface area (Å²) in [5.74, 6) is -0.217. The number of sulfonamides is 1. The lowest BCUT2D eigenvalue weighted by molar-refractivity contribution is -0.111. The Balaban J connectivity index is 1.62. The van der Waals surface area contributed by atoms with Gasteiger partial charge in [-0.2, -0.15) is 4.31 Å². The second-order valence-electron chi connectivity index (χ2n) is 7.16. The van der Waals surface area contributed by atoms with Crippen molar-refractivity contribution in [1.82, 2.24) is 9.21 Å². The summed E-state index contributed by atoms with van der Waals surface area (Å²) in [6.07, 6.45) is 2.69. The van der Waals surface area contributed by atoms with Crippen LogP contribution in [0.25, 0.3) is 6.08 Å². The minimum absolute atomic E-state index is 0.187. The molecule has 0 unspecified atom stereocenters. The highest BCUT2D eigenvalue weighted by molar-refractivity contribution is 7.89. The fraction of sp³-hybridized carbons (Fsp3) is 0.333. The third-order valence-electron chi connectivity index (χ3n) is 4.96. The van der Waals surface area contributed by atoms with Gasteiger partial charge in [0.15, 0.2) is 0 Å².